The van der Waals surface area contributed by atoms with E-state index in [0.717, 1.165) is 15.7 Å². The molecule has 1 amide bonds. The highest BCUT2D eigenvalue weighted by Gasteiger charge is 2.09. The van der Waals surface area contributed by atoms with Crippen LogP contribution in [0, 0.1) is 0 Å². The van der Waals surface area contributed by atoms with Crippen molar-refractivity contribution in [2.45, 2.75) is 19.8 Å². The molecule has 0 aliphatic rings. The number of amides is 1. The van der Waals surface area contributed by atoms with Crippen molar-refractivity contribution in [1.82, 2.24) is 4.98 Å². The maximum atomic E-state index is 12.1. The minimum atomic E-state index is -0.229. The van der Waals surface area contributed by atoms with Crippen molar-refractivity contribution in [3.05, 3.63) is 63.9 Å². The number of rotatable bonds is 6. The molecule has 0 unspecified atom stereocenters. The summed E-state index contributed by atoms with van der Waals surface area (Å²) in [5.74, 6) is 0.920. The zero-order valence-electron chi connectivity index (χ0n) is 14.5. The third kappa shape index (κ3) is 4.93. The lowest BCUT2D eigenvalue weighted by atomic mass is 10.0. The first-order valence-corrected chi connectivity index (χ1v) is 9.92. The number of ether oxygens (including phenoxy) is 1. The van der Waals surface area contributed by atoms with Gasteiger partial charge in [-0.1, -0.05) is 54.0 Å². The molecule has 0 aliphatic carbocycles. The van der Waals surface area contributed by atoms with Crippen LogP contribution in [0.3, 0.4) is 0 Å². The average molecular weight is 431 g/mol. The van der Waals surface area contributed by atoms with Gasteiger partial charge in [0.25, 0.3) is 5.91 Å². The summed E-state index contributed by atoms with van der Waals surface area (Å²) < 4.78 is 6.53. The number of anilines is 1. The molecule has 0 radical (unpaired) electrons. The Morgan fingerprint density at radius 2 is 2.00 bits per heavy atom. The number of aromatic nitrogens is 1. The first-order chi connectivity index (χ1) is 12.5. The molecular formula is C20H19BrN2O2S. The molecule has 0 saturated carbocycles. The number of carbonyl (C=O) groups excluding carboxylic acids is 1. The van der Waals surface area contributed by atoms with Gasteiger partial charge in [0.05, 0.1) is 5.69 Å². The van der Waals surface area contributed by atoms with E-state index in [1.165, 1.54) is 16.9 Å². The fraction of sp³-hybridized carbons (Fsp3) is 0.200. The molecule has 3 rings (SSSR count). The van der Waals surface area contributed by atoms with E-state index >= 15 is 0 Å². The second-order valence-corrected chi connectivity index (χ2v) is 7.88. The van der Waals surface area contributed by atoms with Gasteiger partial charge in [-0.25, -0.2) is 4.98 Å². The van der Waals surface area contributed by atoms with Crippen LogP contribution in [0.5, 0.6) is 5.75 Å². The van der Waals surface area contributed by atoms with Gasteiger partial charge in [0.15, 0.2) is 11.7 Å². The van der Waals surface area contributed by atoms with Gasteiger partial charge in [-0.05, 0) is 35.7 Å². The van der Waals surface area contributed by atoms with E-state index in [4.69, 9.17) is 4.74 Å². The van der Waals surface area contributed by atoms with E-state index in [1.54, 1.807) is 0 Å². The van der Waals surface area contributed by atoms with E-state index in [-0.39, 0.29) is 12.5 Å². The number of thiazole rings is 1. The Morgan fingerprint density at radius 1 is 1.23 bits per heavy atom. The summed E-state index contributed by atoms with van der Waals surface area (Å²) in [6, 6.07) is 15.7. The standard InChI is InChI=1S/C20H19BrN2O2S/c1-13(2)14-6-8-17(9-7-14)25-11-19(24)23-20-22-18(12-26-20)15-4-3-5-16(21)10-15/h3-10,12-13H,11H2,1-2H3,(H,22,23,24). The SMILES string of the molecule is CC(C)c1ccc(OCC(=O)Nc2nc(-c3cccc(Br)c3)cs2)cc1. The molecule has 6 heteroatoms. The fourth-order valence-electron chi connectivity index (χ4n) is 2.36. The van der Waals surface area contributed by atoms with Crippen LogP contribution in [0.4, 0.5) is 5.13 Å². The van der Waals surface area contributed by atoms with Crippen LogP contribution in [0.2, 0.25) is 0 Å². The number of carbonyl (C=O) groups is 1. The van der Waals surface area contributed by atoms with Gasteiger partial charge < -0.3 is 4.74 Å². The second kappa shape index (κ2) is 8.47. The number of nitrogens with zero attached hydrogens (tertiary/aromatic N) is 1. The van der Waals surface area contributed by atoms with E-state index in [9.17, 15) is 4.79 Å². The summed E-state index contributed by atoms with van der Waals surface area (Å²) in [6.45, 7) is 4.23. The van der Waals surface area contributed by atoms with Crippen molar-refractivity contribution < 1.29 is 9.53 Å². The van der Waals surface area contributed by atoms with Crippen molar-refractivity contribution in [3.63, 3.8) is 0 Å². The Kier molecular flexibility index (Phi) is 6.06. The van der Waals surface area contributed by atoms with Gasteiger partial charge in [0.1, 0.15) is 5.75 Å². The molecule has 0 spiro atoms. The summed E-state index contributed by atoms with van der Waals surface area (Å²) in [7, 11) is 0. The van der Waals surface area contributed by atoms with Crippen LogP contribution in [0.15, 0.2) is 58.4 Å². The van der Waals surface area contributed by atoms with Gasteiger partial charge in [-0.2, -0.15) is 0 Å². The molecule has 0 fully saturated rings. The quantitative estimate of drug-likeness (QED) is 0.544. The Hall–Kier alpha value is -2.18. The molecule has 1 N–H and O–H groups in total. The monoisotopic (exact) mass is 430 g/mol. The largest absolute Gasteiger partial charge is 0.484 e. The summed E-state index contributed by atoms with van der Waals surface area (Å²) in [4.78, 5) is 16.5. The number of hydrogen-bond acceptors (Lipinski definition) is 4. The van der Waals surface area contributed by atoms with Crippen LogP contribution in [-0.4, -0.2) is 17.5 Å². The van der Waals surface area contributed by atoms with Crippen molar-refractivity contribution in [2.75, 3.05) is 11.9 Å². The minimum Gasteiger partial charge on any atom is -0.484 e. The van der Waals surface area contributed by atoms with Crippen molar-refractivity contribution in [1.29, 1.82) is 0 Å². The van der Waals surface area contributed by atoms with Gasteiger partial charge in [-0.3, -0.25) is 10.1 Å². The molecule has 3 aromatic rings. The molecule has 4 nitrogen and oxygen atoms in total. The highest BCUT2D eigenvalue weighted by Crippen LogP contribution is 2.27. The van der Waals surface area contributed by atoms with Gasteiger partial charge in [0.2, 0.25) is 0 Å². The number of benzene rings is 2. The van der Waals surface area contributed by atoms with E-state index in [1.807, 2.05) is 53.9 Å². The molecular weight excluding hydrogens is 412 g/mol. The summed E-state index contributed by atoms with van der Waals surface area (Å²) in [6.07, 6.45) is 0. The molecule has 2 aromatic carbocycles. The maximum Gasteiger partial charge on any atom is 0.264 e. The number of hydrogen-bond donors (Lipinski definition) is 1. The molecule has 0 bridgehead atoms. The molecule has 0 atom stereocenters. The van der Waals surface area contributed by atoms with Crippen molar-refractivity contribution >= 4 is 38.3 Å². The molecule has 26 heavy (non-hydrogen) atoms. The van der Waals surface area contributed by atoms with E-state index in [2.05, 4.69) is 40.1 Å². The molecule has 1 aromatic heterocycles. The first kappa shape index (κ1) is 18.6. The number of halogens is 1. The lowest BCUT2D eigenvalue weighted by Crippen LogP contribution is -2.20. The Bertz CT molecular complexity index is 891. The summed E-state index contributed by atoms with van der Waals surface area (Å²) in [5, 5.41) is 5.26. The van der Waals surface area contributed by atoms with Crippen molar-refractivity contribution in [3.8, 4) is 17.0 Å². The van der Waals surface area contributed by atoms with E-state index in [0.29, 0.717) is 16.8 Å². The predicted molar refractivity (Wildman–Crippen MR) is 110 cm³/mol. The van der Waals surface area contributed by atoms with E-state index < -0.39 is 0 Å². The summed E-state index contributed by atoms with van der Waals surface area (Å²) in [5.41, 5.74) is 3.07. The van der Waals surface area contributed by atoms with Gasteiger partial charge >= 0.3 is 0 Å². The van der Waals surface area contributed by atoms with Crippen LogP contribution < -0.4 is 10.1 Å². The highest BCUT2D eigenvalue weighted by molar-refractivity contribution is 9.10. The van der Waals surface area contributed by atoms with Crippen LogP contribution in [0.1, 0.15) is 25.3 Å². The third-order valence-electron chi connectivity index (χ3n) is 3.79. The molecule has 0 saturated heterocycles. The summed E-state index contributed by atoms with van der Waals surface area (Å²) >= 11 is 4.84. The zero-order valence-corrected chi connectivity index (χ0v) is 16.9. The second-order valence-electron chi connectivity index (χ2n) is 6.11. The number of nitrogens with one attached hydrogen (secondary N) is 1. The highest BCUT2D eigenvalue weighted by atomic mass is 79.9. The lowest BCUT2D eigenvalue weighted by Gasteiger charge is -2.08. The molecule has 1 heterocycles. The lowest BCUT2D eigenvalue weighted by molar-refractivity contribution is -0.118. The average Bonchev–Trinajstić information content (AvgIpc) is 3.09. The molecule has 134 valence electrons. The third-order valence-corrected chi connectivity index (χ3v) is 5.04. The van der Waals surface area contributed by atoms with Crippen LogP contribution in [-0.2, 0) is 4.79 Å². The normalized spacial score (nSPS) is 10.8. The fourth-order valence-corrected chi connectivity index (χ4v) is 3.50. The predicted octanol–water partition coefficient (Wildman–Crippen LogP) is 5.71. The topological polar surface area (TPSA) is 51.2 Å². The van der Waals surface area contributed by atoms with Gasteiger partial charge in [0, 0.05) is 15.4 Å². The van der Waals surface area contributed by atoms with Gasteiger partial charge in [-0.15, -0.1) is 11.3 Å². The Morgan fingerprint density at radius 3 is 2.69 bits per heavy atom. The minimum absolute atomic E-state index is 0.0488. The zero-order chi connectivity index (χ0) is 18.5. The van der Waals surface area contributed by atoms with Crippen LogP contribution in [0.25, 0.3) is 11.3 Å². The Balaban J connectivity index is 1.55. The Labute approximate surface area is 165 Å². The maximum absolute atomic E-state index is 12.1. The van der Waals surface area contributed by atoms with Crippen LogP contribution >= 0.6 is 27.3 Å². The smallest absolute Gasteiger partial charge is 0.264 e. The van der Waals surface area contributed by atoms with Crippen molar-refractivity contribution in [2.24, 2.45) is 0 Å². The first-order valence-electron chi connectivity index (χ1n) is 8.25. The molecule has 0 aliphatic heterocycles.